The molecule has 2 aliphatic rings. The summed E-state index contributed by atoms with van der Waals surface area (Å²) in [5, 5.41) is 6.49. The summed E-state index contributed by atoms with van der Waals surface area (Å²) in [6.45, 7) is 2.65. The summed E-state index contributed by atoms with van der Waals surface area (Å²) in [4.78, 5) is 14.1. The molecular weight excluding hydrogens is 214 g/mol. The Morgan fingerprint density at radius 3 is 2.59 bits per heavy atom. The fraction of sp³-hybridized carbons (Fsp3) is 0.923. The summed E-state index contributed by atoms with van der Waals surface area (Å²) in [6, 6.07) is 0.932. The normalized spacial score (nSPS) is 27.2. The zero-order valence-electron chi connectivity index (χ0n) is 10.9. The molecule has 1 aliphatic heterocycles. The minimum Gasteiger partial charge on any atom is -0.351 e. The van der Waals surface area contributed by atoms with Crippen molar-refractivity contribution in [2.75, 3.05) is 26.7 Å². The number of likely N-dealkylation sites (tertiary alicyclic amines) is 1. The summed E-state index contributed by atoms with van der Waals surface area (Å²) in [6.07, 6.45) is 7.41. The first-order valence-corrected chi connectivity index (χ1v) is 6.95. The standard InChI is InChI=1S/C13H25N3O/c1-16-8-4-7-12(10-16)15-13(17)9-14-11-5-2-3-6-11/h11-12,14H,2-10H2,1H3,(H,15,17). The number of rotatable bonds is 4. The van der Waals surface area contributed by atoms with Crippen LogP contribution in [0.5, 0.6) is 0 Å². The van der Waals surface area contributed by atoms with Gasteiger partial charge >= 0.3 is 0 Å². The molecule has 2 rings (SSSR count). The summed E-state index contributed by atoms with van der Waals surface area (Å²) >= 11 is 0. The lowest BCUT2D eigenvalue weighted by Gasteiger charge is -2.30. The van der Waals surface area contributed by atoms with Crippen LogP contribution in [0, 0.1) is 0 Å². The zero-order chi connectivity index (χ0) is 12.1. The highest BCUT2D eigenvalue weighted by molar-refractivity contribution is 5.78. The van der Waals surface area contributed by atoms with Crippen molar-refractivity contribution in [3.05, 3.63) is 0 Å². The number of hydrogen-bond donors (Lipinski definition) is 2. The van der Waals surface area contributed by atoms with Gasteiger partial charge in [0.2, 0.25) is 5.91 Å². The van der Waals surface area contributed by atoms with Crippen LogP contribution in [0.1, 0.15) is 38.5 Å². The number of amides is 1. The van der Waals surface area contributed by atoms with Gasteiger partial charge in [-0.2, -0.15) is 0 Å². The third-order valence-corrected chi connectivity index (χ3v) is 3.90. The van der Waals surface area contributed by atoms with E-state index < -0.39 is 0 Å². The Hall–Kier alpha value is -0.610. The summed E-state index contributed by atoms with van der Waals surface area (Å²) < 4.78 is 0. The Morgan fingerprint density at radius 1 is 1.18 bits per heavy atom. The molecule has 2 N–H and O–H groups in total. The zero-order valence-corrected chi connectivity index (χ0v) is 10.9. The van der Waals surface area contributed by atoms with E-state index in [1.807, 2.05) is 0 Å². The fourth-order valence-corrected chi connectivity index (χ4v) is 2.93. The molecule has 1 atom stereocenters. The molecular formula is C13H25N3O. The molecule has 4 heteroatoms. The molecule has 98 valence electrons. The van der Waals surface area contributed by atoms with Crippen molar-refractivity contribution in [2.24, 2.45) is 0 Å². The van der Waals surface area contributed by atoms with Crippen molar-refractivity contribution in [1.29, 1.82) is 0 Å². The number of nitrogens with zero attached hydrogens (tertiary/aromatic N) is 1. The van der Waals surface area contributed by atoms with E-state index in [0.29, 0.717) is 18.6 Å². The van der Waals surface area contributed by atoms with Crippen LogP contribution in [0.4, 0.5) is 0 Å². The van der Waals surface area contributed by atoms with E-state index in [1.54, 1.807) is 0 Å². The smallest absolute Gasteiger partial charge is 0.234 e. The SMILES string of the molecule is CN1CCCC(NC(=O)CNC2CCCC2)C1. The average Bonchev–Trinajstić information content (AvgIpc) is 2.79. The number of piperidine rings is 1. The third-order valence-electron chi connectivity index (χ3n) is 3.90. The van der Waals surface area contributed by atoms with Crippen LogP contribution >= 0.6 is 0 Å². The minimum atomic E-state index is 0.164. The molecule has 1 saturated carbocycles. The molecule has 1 saturated heterocycles. The highest BCUT2D eigenvalue weighted by atomic mass is 16.2. The van der Waals surface area contributed by atoms with Crippen LogP contribution in [0.25, 0.3) is 0 Å². The Labute approximate surface area is 104 Å². The second kappa shape index (κ2) is 6.36. The van der Waals surface area contributed by atoms with Gasteiger partial charge in [0.1, 0.15) is 0 Å². The minimum absolute atomic E-state index is 0.164. The van der Waals surface area contributed by atoms with Crippen LogP contribution in [0.3, 0.4) is 0 Å². The quantitative estimate of drug-likeness (QED) is 0.760. The number of hydrogen-bond acceptors (Lipinski definition) is 3. The van der Waals surface area contributed by atoms with Crippen molar-refractivity contribution in [2.45, 2.75) is 50.6 Å². The molecule has 1 amide bonds. The Morgan fingerprint density at radius 2 is 1.88 bits per heavy atom. The molecule has 0 aromatic carbocycles. The van der Waals surface area contributed by atoms with Crippen LogP contribution < -0.4 is 10.6 Å². The summed E-state index contributed by atoms with van der Waals surface area (Å²) in [7, 11) is 2.12. The van der Waals surface area contributed by atoms with Crippen LogP contribution in [-0.4, -0.2) is 49.6 Å². The molecule has 2 fully saturated rings. The monoisotopic (exact) mass is 239 g/mol. The Bertz CT molecular complexity index is 251. The van der Waals surface area contributed by atoms with Crippen molar-refractivity contribution >= 4 is 5.91 Å². The van der Waals surface area contributed by atoms with E-state index in [2.05, 4.69) is 22.6 Å². The predicted molar refractivity (Wildman–Crippen MR) is 68.9 cm³/mol. The van der Waals surface area contributed by atoms with Crippen molar-refractivity contribution < 1.29 is 4.79 Å². The van der Waals surface area contributed by atoms with Gasteiger partial charge in [-0.25, -0.2) is 0 Å². The second-order valence-corrected chi connectivity index (χ2v) is 5.53. The maximum absolute atomic E-state index is 11.8. The largest absolute Gasteiger partial charge is 0.351 e. The molecule has 1 heterocycles. The molecule has 1 unspecified atom stereocenters. The summed E-state index contributed by atoms with van der Waals surface area (Å²) in [5.74, 6) is 0.164. The fourth-order valence-electron chi connectivity index (χ4n) is 2.93. The van der Waals surface area contributed by atoms with Crippen molar-refractivity contribution in [1.82, 2.24) is 15.5 Å². The van der Waals surface area contributed by atoms with Gasteiger partial charge in [0.25, 0.3) is 0 Å². The first-order chi connectivity index (χ1) is 8.24. The van der Waals surface area contributed by atoms with Crippen molar-refractivity contribution in [3.63, 3.8) is 0 Å². The van der Waals surface area contributed by atoms with E-state index in [9.17, 15) is 4.79 Å². The highest BCUT2D eigenvalue weighted by Crippen LogP contribution is 2.17. The van der Waals surface area contributed by atoms with E-state index in [-0.39, 0.29) is 5.91 Å². The molecule has 0 bridgehead atoms. The van der Waals surface area contributed by atoms with Crippen LogP contribution in [0.15, 0.2) is 0 Å². The second-order valence-electron chi connectivity index (χ2n) is 5.53. The molecule has 4 nitrogen and oxygen atoms in total. The lowest BCUT2D eigenvalue weighted by molar-refractivity contribution is -0.121. The van der Waals surface area contributed by atoms with Gasteiger partial charge in [0, 0.05) is 18.6 Å². The topological polar surface area (TPSA) is 44.4 Å². The number of likely N-dealkylation sites (N-methyl/N-ethyl adjacent to an activating group) is 1. The van der Waals surface area contributed by atoms with Crippen molar-refractivity contribution in [3.8, 4) is 0 Å². The number of carbonyl (C=O) groups excluding carboxylic acids is 1. The lowest BCUT2D eigenvalue weighted by atomic mass is 10.1. The highest BCUT2D eigenvalue weighted by Gasteiger charge is 2.20. The first kappa shape index (κ1) is 12.8. The van der Waals surface area contributed by atoms with Crippen LogP contribution in [-0.2, 0) is 4.79 Å². The maximum Gasteiger partial charge on any atom is 0.234 e. The van der Waals surface area contributed by atoms with Gasteiger partial charge < -0.3 is 15.5 Å². The Kier molecular flexibility index (Phi) is 4.80. The average molecular weight is 239 g/mol. The molecule has 0 aromatic rings. The predicted octanol–water partition coefficient (Wildman–Crippen LogP) is 0.729. The van der Waals surface area contributed by atoms with E-state index in [4.69, 9.17) is 0 Å². The van der Waals surface area contributed by atoms with Crippen LogP contribution in [0.2, 0.25) is 0 Å². The van der Waals surface area contributed by atoms with E-state index >= 15 is 0 Å². The number of carbonyl (C=O) groups is 1. The van der Waals surface area contributed by atoms with Gasteiger partial charge in [-0.15, -0.1) is 0 Å². The third kappa shape index (κ3) is 4.28. The molecule has 1 aliphatic carbocycles. The van der Waals surface area contributed by atoms with E-state index in [1.165, 1.54) is 32.1 Å². The molecule has 0 spiro atoms. The first-order valence-electron chi connectivity index (χ1n) is 6.95. The van der Waals surface area contributed by atoms with Gasteiger partial charge in [-0.05, 0) is 39.3 Å². The molecule has 17 heavy (non-hydrogen) atoms. The van der Waals surface area contributed by atoms with E-state index in [0.717, 1.165) is 19.5 Å². The van der Waals surface area contributed by atoms with Gasteiger partial charge in [-0.1, -0.05) is 12.8 Å². The lowest BCUT2D eigenvalue weighted by Crippen LogP contribution is -2.49. The maximum atomic E-state index is 11.8. The number of nitrogens with one attached hydrogen (secondary N) is 2. The molecule has 0 radical (unpaired) electrons. The van der Waals surface area contributed by atoms with Gasteiger partial charge in [0.05, 0.1) is 6.54 Å². The van der Waals surface area contributed by atoms with Gasteiger partial charge in [-0.3, -0.25) is 4.79 Å². The Balaban J connectivity index is 1.62. The summed E-state index contributed by atoms with van der Waals surface area (Å²) in [5.41, 5.74) is 0. The van der Waals surface area contributed by atoms with Gasteiger partial charge in [0.15, 0.2) is 0 Å². The molecule has 0 aromatic heterocycles.